The van der Waals surface area contributed by atoms with E-state index in [2.05, 4.69) is 21.4 Å². The first-order valence-corrected chi connectivity index (χ1v) is 6.17. The predicted molar refractivity (Wildman–Crippen MR) is 61.4 cm³/mol. The second-order valence-corrected chi connectivity index (χ2v) is 4.84. The fraction of sp³-hybridized carbons (Fsp3) is 0.667. The summed E-state index contributed by atoms with van der Waals surface area (Å²) in [4.78, 5) is 18.5. The number of hydrogen-bond acceptors (Lipinski definition) is 3. The highest BCUT2D eigenvalue weighted by Crippen LogP contribution is 2.35. The summed E-state index contributed by atoms with van der Waals surface area (Å²) in [5.74, 6) is 0.530. The maximum Gasteiger partial charge on any atom is 0.345 e. The Morgan fingerprint density at radius 1 is 1.25 bits per heavy atom. The standard InChI is InChI=1S/C12H17N3O/c16-12-14-10(8-3-1-4-8)7-11(15-12)9-5-2-6-13-9/h7-9,13H,1-6H2,(H,14,15,16). The molecule has 16 heavy (non-hydrogen) atoms. The van der Waals surface area contributed by atoms with Gasteiger partial charge in [0.1, 0.15) is 0 Å². The van der Waals surface area contributed by atoms with Gasteiger partial charge in [0, 0.05) is 17.7 Å². The van der Waals surface area contributed by atoms with E-state index in [1.165, 1.54) is 25.7 Å². The van der Waals surface area contributed by atoms with Crippen LogP contribution < -0.4 is 11.0 Å². The van der Waals surface area contributed by atoms with E-state index in [9.17, 15) is 4.79 Å². The largest absolute Gasteiger partial charge is 0.345 e. The molecule has 3 rings (SSSR count). The molecule has 0 spiro atoms. The van der Waals surface area contributed by atoms with E-state index < -0.39 is 0 Å². The van der Waals surface area contributed by atoms with Gasteiger partial charge in [-0.25, -0.2) is 4.79 Å². The van der Waals surface area contributed by atoms with Crippen LogP contribution in [0.5, 0.6) is 0 Å². The van der Waals surface area contributed by atoms with Gasteiger partial charge in [-0.15, -0.1) is 0 Å². The van der Waals surface area contributed by atoms with Crippen LogP contribution in [0.4, 0.5) is 0 Å². The fourth-order valence-corrected chi connectivity index (χ4v) is 2.55. The van der Waals surface area contributed by atoms with Crippen molar-refractivity contribution in [1.29, 1.82) is 0 Å². The van der Waals surface area contributed by atoms with Crippen LogP contribution in [0.2, 0.25) is 0 Å². The molecule has 1 aromatic heterocycles. The van der Waals surface area contributed by atoms with Gasteiger partial charge >= 0.3 is 5.69 Å². The lowest BCUT2D eigenvalue weighted by Crippen LogP contribution is -2.23. The lowest BCUT2D eigenvalue weighted by molar-refractivity contribution is 0.408. The van der Waals surface area contributed by atoms with E-state index in [1.807, 2.05) is 0 Å². The summed E-state index contributed by atoms with van der Waals surface area (Å²) in [6.45, 7) is 1.05. The zero-order valence-corrected chi connectivity index (χ0v) is 9.33. The molecule has 0 amide bonds. The minimum absolute atomic E-state index is 0.187. The summed E-state index contributed by atoms with van der Waals surface area (Å²) in [5.41, 5.74) is 1.84. The number of rotatable bonds is 2. The van der Waals surface area contributed by atoms with Crippen molar-refractivity contribution >= 4 is 0 Å². The van der Waals surface area contributed by atoms with Crippen molar-refractivity contribution in [3.63, 3.8) is 0 Å². The van der Waals surface area contributed by atoms with Gasteiger partial charge in [-0.3, -0.25) is 0 Å². The number of nitrogens with zero attached hydrogens (tertiary/aromatic N) is 1. The van der Waals surface area contributed by atoms with Crippen molar-refractivity contribution in [3.8, 4) is 0 Å². The van der Waals surface area contributed by atoms with Crippen molar-refractivity contribution < 1.29 is 0 Å². The summed E-state index contributed by atoms with van der Waals surface area (Å²) < 4.78 is 0. The number of H-pyrrole nitrogens is 1. The lowest BCUT2D eigenvalue weighted by Gasteiger charge is -2.25. The highest BCUT2D eigenvalue weighted by Gasteiger charge is 2.24. The van der Waals surface area contributed by atoms with E-state index in [0.717, 1.165) is 24.4 Å². The molecule has 1 saturated heterocycles. The van der Waals surface area contributed by atoms with Crippen molar-refractivity contribution in [2.75, 3.05) is 6.54 Å². The maximum absolute atomic E-state index is 11.5. The third-order valence-corrected chi connectivity index (χ3v) is 3.74. The van der Waals surface area contributed by atoms with Gasteiger partial charge in [-0.2, -0.15) is 4.98 Å². The fourth-order valence-electron chi connectivity index (χ4n) is 2.55. The highest BCUT2D eigenvalue weighted by atomic mass is 16.1. The summed E-state index contributed by atoms with van der Waals surface area (Å²) in [6.07, 6.45) is 5.95. The Labute approximate surface area is 94.5 Å². The van der Waals surface area contributed by atoms with E-state index in [-0.39, 0.29) is 5.69 Å². The molecule has 0 radical (unpaired) electrons. The van der Waals surface area contributed by atoms with E-state index in [0.29, 0.717) is 12.0 Å². The first kappa shape index (κ1) is 10.0. The van der Waals surface area contributed by atoms with Crippen LogP contribution in [-0.4, -0.2) is 16.5 Å². The second kappa shape index (κ2) is 4.01. The molecule has 1 aliphatic carbocycles. The second-order valence-electron chi connectivity index (χ2n) is 4.84. The van der Waals surface area contributed by atoms with Gasteiger partial charge in [0.2, 0.25) is 0 Å². The summed E-state index contributed by atoms with van der Waals surface area (Å²) in [5, 5.41) is 3.40. The smallest absolute Gasteiger partial charge is 0.309 e. The normalized spacial score (nSPS) is 25.6. The molecule has 86 valence electrons. The molecule has 1 unspecified atom stereocenters. The van der Waals surface area contributed by atoms with E-state index in [1.54, 1.807) is 0 Å². The van der Waals surface area contributed by atoms with Gasteiger partial charge < -0.3 is 10.3 Å². The maximum atomic E-state index is 11.5. The van der Waals surface area contributed by atoms with E-state index >= 15 is 0 Å². The van der Waals surface area contributed by atoms with Gasteiger partial charge in [-0.1, -0.05) is 6.42 Å². The molecule has 0 aromatic carbocycles. The SMILES string of the molecule is O=c1nc(C2CCC2)cc(C2CCCN2)[nH]1. The quantitative estimate of drug-likeness (QED) is 0.791. The van der Waals surface area contributed by atoms with Gasteiger partial charge in [0.25, 0.3) is 0 Å². The van der Waals surface area contributed by atoms with Gasteiger partial charge in [0.15, 0.2) is 0 Å². The highest BCUT2D eigenvalue weighted by molar-refractivity contribution is 5.18. The van der Waals surface area contributed by atoms with Crippen LogP contribution in [0.15, 0.2) is 10.9 Å². The molecule has 1 saturated carbocycles. The minimum Gasteiger partial charge on any atom is -0.309 e. The zero-order valence-electron chi connectivity index (χ0n) is 9.33. The number of nitrogens with one attached hydrogen (secondary N) is 2. The number of aromatic nitrogens is 2. The molecule has 4 nitrogen and oxygen atoms in total. The summed E-state index contributed by atoms with van der Waals surface area (Å²) >= 11 is 0. The molecular weight excluding hydrogens is 202 g/mol. The Morgan fingerprint density at radius 3 is 2.75 bits per heavy atom. The molecule has 1 atom stereocenters. The van der Waals surface area contributed by atoms with Crippen molar-refractivity contribution in [3.05, 3.63) is 27.9 Å². The molecule has 2 heterocycles. The van der Waals surface area contributed by atoms with Crippen molar-refractivity contribution in [1.82, 2.24) is 15.3 Å². The third-order valence-electron chi connectivity index (χ3n) is 3.74. The third kappa shape index (κ3) is 1.78. The van der Waals surface area contributed by atoms with Gasteiger partial charge in [-0.05, 0) is 38.3 Å². The Balaban J connectivity index is 1.91. The van der Waals surface area contributed by atoms with Crippen LogP contribution in [0.3, 0.4) is 0 Å². The molecule has 1 aliphatic heterocycles. The minimum atomic E-state index is -0.187. The molecule has 2 aliphatic rings. The Kier molecular flexibility index (Phi) is 2.52. The topological polar surface area (TPSA) is 57.8 Å². The first-order valence-electron chi connectivity index (χ1n) is 6.17. The summed E-state index contributed by atoms with van der Waals surface area (Å²) in [7, 11) is 0. The first-order chi connectivity index (χ1) is 7.83. The van der Waals surface area contributed by atoms with Crippen LogP contribution in [-0.2, 0) is 0 Å². The van der Waals surface area contributed by atoms with Crippen LogP contribution in [0, 0.1) is 0 Å². The van der Waals surface area contributed by atoms with Crippen LogP contribution in [0.25, 0.3) is 0 Å². The van der Waals surface area contributed by atoms with Crippen molar-refractivity contribution in [2.45, 2.75) is 44.1 Å². The Morgan fingerprint density at radius 2 is 2.12 bits per heavy atom. The van der Waals surface area contributed by atoms with Crippen LogP contribution >= 0.6 is 0 Å². The zero-order chi connectivity index (χ0) is 11.0. The molecule has 2 fully saturated rings. The molecule has 4 heteroatoms. The molecule has 2 N–H and O–H groups in total. The average molecular weight is 219 g/mol. The Hall–Kier alpha value is -1.16. The molecule has 1 aromatic rings. The number of aromatic amines is 1. The van der Waals surface area contributed by atoms with Crippen LogP contribution in [0.1, 0.15) is 55.5 Å². The van der Waals surface area contributed by atoms with Crippen molar-refractivity contribution in [2.24, 2.45) is 0 Å². The lowest BCUT2D eigenvalue weighted by atomic mass is 9.82. The Bertz CT molecular complexity index is 430. The van der Waals surface area contributed by atoms with E-state index in [4.69, 9.17) is 0 Å². The summed E-state index contributed by atoms with van der Waals surface area (Å²) in [6, 6.07) is 2.42. The average Bonchev–Trinajstić information content (AvgIpc) is 2.66. The van der Waals surface area contributed by atoms with Gasteiger partial charge in [0.05, 0.1) is 5.69 Å². The predicted octanol–water partition coefficient (Wildman–Crippen LogP) is 1.46. The number of hydrogen-bond donors (Lipinski definition) is 2. The monoisotopic (exact) mass is 219 g/mol. The molecule has 0 bridgehead atoms. The molecular formula is C12H17N3O.